The van der Waals surface area contributed by atoms with Crippen LogP contribution in [0.5, 0.6) is 0 Å². The van der Waals surface area contributed by atoms with Gasteiger partial charge in [0.25, 0.3) is 0 Å². The van der Waals surface area contributed by atoms with E-state index in [1.54, 1.807) is 0 Å². The Kier molecular flexibility index (Phi) is 3.06. The van der Waals surface area contributed by atoms with Crippen LogP contribution in [0.2, 0.25) is 0 Å². The van der Waals surface area contributed by atoms with Gasteiger partial charge in [0.1, 0.15) is 0 Å². The van der Waals surface area contributed by atoms with Gasteiger partial charge in [-0.05, 0) is 32.2 Å². The van der Waals surface area contributed by atoms with Crippen LogP contribution >= 0.6 is 0 Å². The Labute approximate surface area is 85.8 Å². The molecule has 2 fully saturated rings. The maximum absolute atomic E-state index is 11.5. The lowest BCUT2D eigenvalue weighted by molar-refractivity contribution is -0.123. The van der Waals surface area contributed by atoms with Crippen molar-refractivity contribution in [2.75, 3.05) is 19.6 Å². The van der Waals surface area contributed by atoms with Crippen LogP contribution in [0, 0.1) is 5.92 Å². The third-order valence-corrected chi connectivity index (χ3v) is 3.33. The molecule has 2 aliphatic rings. The molecule has 1 heterocycles. The molecule has 0 radical (unpaired) electrons. The normalized spacial score (nSPS) is 24.9. The Hall–Kier alpha value is -0.570. The number of carbonyl (C=O) groups excluding carboxylic acids is 1. The monoisotopic (exact) mass is 196 g/mol. The van der Waals surface area contributed by atoms with Gasteiger partial charge in [-0.25, -0.2) is 0 Å². The third kappa shape index (κ3) is 2.47. The molecular formula is C11H20N2O. The standard InChI is InChI=1S/C11H20N2O/c1-2-13-7-5-10(6-8-13)12-11(14)9-3-4-9/h9-10H,2-8H2,1H3,(H,12,14). The Bertz CT molecular complexity index is 205. The summed E-state index contributed by atoms with van der Waals surface area (Å²) in [5.41, 5.74) is 0. The maximum atomic E-state index is 11.5. The molecule has 0 spiro atoms. The Morgan fingerprint density at radius 1 is 1.29 bits per heavy atom. The number of piperidine rings is 1. The summed E-state index contributed by atoms with van der Waals surface area (Å²) in [6.45, 7) is 5.63. The summed E-state index contributed by atoms with van der Waals surface area (Å²) >= 11 is 0. The first-order valence-corrected chi connectivity index (χ1v) is 5.82. The van der Waals surface area contributed by atoms with E-state index in [9.17, 15) is 4.79 Å². The molecule has 3 heteroatoms. The number of hydrogen-bond donors (Lipinski definition) is 1. The summed E-state index contributed by atoms with van der Waals surface area (Å²) in [7, 11) is 0. The molecule has 1 saturated heterocycles. The van der Waals surface area contributed by atoms with Gasteiger partial charge in [0.05, 0.1) is 0 Å². The molecule has 0 unspecified atom stereocenters. The molecule has 14 heavy (non-hydrogen) atoms. The first-order chi connectivity index (χ1) is 6.79. The molecule has 1 aliphatic carbocycles. The summed E-state index contributed by atoms with van der Waals surface area (Å²) in [5, 5.41) is 3.16. The first kappa shape index (κ1) is 9.97. The average molecular weight is 196 g/mol. The molecule has 0 aromatic rings. The fraction of sp³-hybridized carbons (Fsp3) is 0.909. The van der Waals surface area contributed by atoms with Crippen molar-refractivity contribution in [2.45, 2.75) is 38.6 Å². The predicted octanol–water partition coefficient (Wildman–Crippen LogP) is 0.997. The molecule has 1 saturated carbocycles. The fourth-order valence-electron chi connectivity index (χ4n) is 2.06. The highest BCUT2D eigenvalue weighted by atomic mass is 16.2. The topological polar surface area (TPSA) is 32.3 Å². The first-order valence-electron chi connectivity index (χ1n) is 5.82. The molecule has 1 amide bonds. The molecule has 1 N–H and O–H groups in total. The predicted molar refractivity (Wildman–Crippen MR) is 56.0 cm³/mol. The van der Waals surface area contributed by atoms with E-state index in [2.05, 4.69) is 17.1 Å². The molecule has 2 rings (SSSR count). The van der Waals surface area contributed by atoms with Crippen LogP contribution in [-0.2, 0) is 4.79 Å². The number of carbonyl (C=O) groups is 1. The maximum Gasteiger partial charge on any atom is 0.223 e. The summed E-state index contributed by atoms with van der Waals surface area (Å²) in [4.78, 5) is 13.9. The van der Waals surface area contributed by atoms with Gasteiger partial charge in [-0.2, -0.15) is 0 Å². The number of nitrogens with one attached hydrogen (secondary N) is 1. The minimum atomic E-state index is 0.306. The Morgan fingerprint density at radius 2 is 1.93 bits per heavy atom. The van der Waals surface area contributed by atoms with E-state index in [0.29, 0.717) is 17.9 Å². The second-order valence-corrected chi connectivity index (χ2v) is 4.49. The zero-order valence-corrected chi connectivity index (χ0v) is 8.96. The highest BCUT2D eigenvalue weighted by Gasteiger charge is 2.31. The summed E-state index contributed by atoms with van der Waals surface area (Å²) in [6, 6.07) is 0.450. The molecular weight excluding hydrogens is 176 g/mol. The van der Waals surface area contributed by atoms with Crippen molar-refractivity contribution < 1.29 is 4.79 Å². The van der Waals surface area contributed by atoms with Crippen molar-refractivity contribution >= 4 is 5.91 Å². The van der Waals surface area contributed by atoms with Gasteiger partial charge in [0, 0.05) is 25.0 Å². The minimum absolute atomic E-state index is 0.306. The van der Waals surface area contributed by atoms with Gasteiger partial charge in [-0.15, -0.1) is 0 Å². The smallest absolute Gasteiger partial charge is 0.223 e. The average Bonchev–Trinajstić information content (AvgIpc) is 3.02. The Balaban J connectivity index is 1.69. The second kappa shape index (κ2) is 4.30. The van der Waals surface area contributed by atoms with Crippen molar-refractivity contribution in [3.05, 3.63) is 0 Å². The van der Waals surface area contributed by atoms with E-state index in [1.165, 1.54) is 0 Å². The summed E-state index contributed by atoms with van der Waals surface area (Å²) in [6.07, 6.45) is 4.48. The number of amides is 1. The van der Waals surface area contributed by atoms with Crippen LogP contribution in [0.1, 0.15) is 32.6 Å². The van der Waals surface area contributed by atoms with Crippen molar-refractivity contribution in [1.82, 2.24) is 10.2 Å². The van der Waals surface area contributed by atoms with Crippen LogP contribution in [0.15, 0.2) is 0 Å². The zero-order chi connectivity index (χ0) is 9.97. The van der Waals surface area contributed by atoms with Gasteiger partial charge < -0.3 is 10.2 Å². The van der Waals surface area contributed by atoms with Crippen molar-refractivity contribution in [3.8, 4) is 0 Å². The number of rotatable bonds is 3. The highest BCUT2D eigenvalue weighted by Crippen LogP contribution is 2.29. The Morgan fingerprint density at radius 3 is 2.43 bits per heavy atom. The molecule has 0 aromatic heterocycles. The van der Waals surface area contributed by atoms with Crippen molar-refractivity contribution in [3.63, 3.8) is 0 Å². The van der Waals surface area contributed by atoms with Gasteiger partial charge in [-0.3, -0.25) is 4.79 Å². The van der Waals surface area contributed by atoms with Gasteiger partial charge in [-0.1, -0.05) is 6.92 Å². The summed E-state index contributed by atoms with van der Waals surface area (Å²) in [5.74, 6) is 0.666. The highest BCUT2D eigenvalue weighted by molar-refractivity contribution is 5.81. The van der Waals surface area contributed by atoms with Crippen LogP contribution < -0.4 is 5.32 Å². The second-order valence-electron chi connectivity index (χ2n) is 4.49. The lowest BCUT2D eigenvalue weighted by Gasteiger charge is -2.31. The van der Waals surface area contributed by atoms with Crippen LogP contribution in [0.4, 0.5) is 0 Å². The van der Waals surface area contributed by atoms with E-state index in [0.717, 1.165) is 45.3 Å². The van der Waals surface area contributed by atoms with Gasteiger partial charge in [0.15, 0.2) is 0 Å². The van der Waals surface area contributed by atoms with E-state index < -0.39 is 0 Å². The molecule has 0 aromatic carbocycles. The SMILES string of the molecule is CCN1CCC(NC(=O)C2CC2)CC1. The largest absolute Gasteiger partial charge is 0.353 e. The number of nitrogens with zero attached hydrogens (tertiary/aromatic N) is 1. The number of hydrogen-bond acceptors (Lipinski definition) is 2. The van der Waals surface area contributed by atoms with Crippen LogP contribution in [0.25, 0.3) is 0 Å². The molecule has 80 valence electrons. The fourth-order valence-corrected chi connectivity index (χ4v) is 2.06. The minimum Gasteiger partial charge on any atom is -0.353 e. The van der Waals surface area contributed by atoms with E-state index in [4.69, 9.17) is 0 Å². The molecule has 1 aliphatic heterocycles. The summed E-state index contributed by atoms with van der Waals surface area (Å²) < 4.78 is 0. The molecule has 3 nitrogen and oxygen atoms in total. The van der Waals surface area contributed by atoms with Crippen molar-refractivity contribution in [2.24, 2.45) is 5.92 Å². The zero-order valence-electron chi connectivity index (χ0n) is 8.96. The van der Waals surface area contributed by atoms with Crippen LogP contribution in [-0.4, -0.2) is 36.5 Å². The lowest BCUT2D eigenvalue weighted by atomic mass is 10.0. The van der Waals surface area contributed by atoms with Gasteiger partial charge in [0.2, 0.25) is 5.91 Å². The van der Waals surface area contributed by atoms with E-state index in [1.807, 2.05) is 0 Å². The van der Waals surface area contributed by atoms with E-state index >= 15 is 0 Å². The lowest BCUT2D eigenvalue weighted by Crippen LogP contribution is -2.44. The number of likely N-dealkylation sites (tertiary alicyclic amines) is 1. The molecule has 0 atom stereocenters. The van der Waals surface area contributed by atoms with E-state index in [-0.39, 0.29) is 0 Å². The third-order valence-electron chi connectivity index (χ3n) is 3.33. The van der Waals surface area contributed by atoms with Crippen molar-refractivity contribution in [1.29, 1.82) is 0 Å². The van der Waals surface area contributed by atoms with Gasteiger partial charge >= 0.3 is 0 Å². The molecule has 0 bridgehead atoms. The van der Waals surface area contributed by atoms with Crippen LogP contribution in [0.3, 0.4) is 0 Å². The quantitative estimate of drug-likeness (QED) is 0.730.